The van der Waals surface area contributed by atoms with Crippen molar-refractivity contribution in [3.63, 3.8) is 0 Å². The van der Waals surface area contributed by atoms with E-state index in [0.29, 0.717) is 29.6 Å². The number of thiocarbonyl (C=S) groups is 1. The fourth-order valence-corrected chi connectivity index (χ4v) is 5.12. The number of benzene rings is 1. The summed E-state index contributed by atoms with van der Waals surface area (Å²) in [5.74, 6) is 1.16. The van der Waals surface area contributed by atoms with E-state index in [0.717, 1.165) is 45.9 Å². The molecule has 0 amide bonds. The van der Waals surface area contributed by atoms with Gasteiger partial charge in [-0.3, -0.25) is 9.97 Å². The standard InChI is InChI=1S/C28H27FN6O3S2/c1-17-13-26(35-38-17)34-28(39)33-19-4-6-23(20(29)14-19)37-24-8-10-31-22-15-25(40-27(22)24)21-5-3-18(16-32-21)7-9-30-11-12-36-2/h3-6,8,10,13-16,30H,7,9,11-12H2,1-2H3,(H2,33,34,35,39). The molecule has 0 aliphatic carbocycles. The molecule has 0 aliphatic rings. The second-order valence-electron chi connectivity index (χ2n) is 8.83. The van der Waals surface area contributed by atoms with Gasteiger partial charge in [-0.15, -0.1) is 11.3 Å². The van der Waals surface area contributed by atoms with Crippen molar-refractivity contribution in [1.82, 2.24) is 20.4 Å². The number of hydrogen-bond donors (Lipinski definition) is 3. The van der Waals surface area contributed by atoms with Crippen LogP contribution in [0.25, 0.3) is 20.8 Å². The Bertz CT molecular complexity index is 1610. The molecule has 4 heterocycles. The smallest absolute Gasteiger partial charge is 0.176 e. The molecular weight excluding hydrogens is 551 g/mol. The van der Waals surface area contributed by atoms with Crippen molar-refractivity contribution in [2.75, 3.05) is 37.4 Å². The van der Waals surface area contributed by atoms with E-state index in [1.807, 2.05) is 18.3 Å². The Labute approximate surface area is 239 Å². The molecule has 40 heavy (non-hydrogen) atoms. The highest BCUT2D eigenvalue weighted by Crippen LogP contribution is 2.39. The highest BCUT2D eigenvalue weighted by Gasteiger charge is 2.14. The number of anilines is 2. The lowest BCUT2D eigenvalue weighted by molar-refractivity contribution is 0.199. The molecule has 5 aromatic rings. The minimum Gasteiger partial charge on any atom is -0.453 e. The number of aryl methyl sites for hydroxylation is 1. The van der Waals surface area contributed by atoms with Crippen molar-refractivity contribution < 1.29 is 18.4 Å². The van der Waals surface area contributed by atoms with Crippen LogP contribution < -0.4 is 20.7 Å². The van der Waals surface area contributed by atoms with Crippen molar-refractivity contribution in [1.29, 1.82) is 0 Å². The van der Waals surface area contributed by atoms with Gasteiger partial charge >= 0.3 is 0 Å². The van der Waals surface area contributed by atoms with Crippen molar-refractivity contribution in [2.24, 2.45) is 0 Å². The lowest BCUT2D eigenvalue weighted by atomic mass is 10.2. The molecule has 1 aromatic carbocycles. The number of ether oxygens (including phenoxy) is 2. The summed E-state index contributed by atoms with van der Waals surface area (Å²) in [4.78, 5) is 10.1. The third kappa shape index (κ3) is 6.96. The highest BCUT2D eigenvalue weighted by atomic mass is 32.1. The first-order valence-corrected chi connectivity index (χ1v) is 13.7. The van der Waals surface area contributed by atoms with Crippen LogP contribution in [0.3, 0.4) is 0 Å². The van der Waals surface area contributed by atoms with E-state index in [1.165, 1.54) is 17.4 Å². The van der Waals surface area contributed by atoms with Crippen LogP contribution in [0.5, 0.6) is 11.5 Å². The molecule has 9 nitrogen and oxygen atoms in total. The Hall–Kier alpha value is -3.97. The van der Waals surface area contributed by atoms with E-state index in [1.54, 1.807) is 44.5 Å². The maximum Gasteiger partial charge on any atom is 0.176 e. The zero-order valence-electron chi connectivity index (χ0n) is 21.9. The third-order valence-corrected chi connectivity index (χ3v) is 7.17. The minimum absolute atomic E-state index is 0.0839. The molecule has 0 spiro atoms. The number of methoxy groups -OCH3 is 1. The van der Waals surface area contributed by atoms with Crippen LogP contribution in [-0.2, 0) is 11.2 Å². The molecule has 0 unspecified atom stereocenters. The molecule has 0 saturated heterocycles. The van der Waals surface area contributed by atoms with E-state index in [4.69, 9.17) is 26.2 Å². The van der Waals surface area contributed by atoms with Crippen molar-refractivity contribution in [2.45, 2.75) is 13.3 Å². The van der Waals surface area contributed by atoms with Crippen LogP contribution in [-0.4, -0.2) is 47.0 Å². The maximum absolute atomic E-state index is 15.0. The molecular formula is C28H27FN6O3S2. The molecule has 0 radical (unpaired) electrons. The summed E-state index contributed by atoms with van der Waals surface area (Å²) in [5.41, 5.74) is 3.21. The van der Waals surface area contributed by atoms with E-state index in [9.17, 15) is 4.39 Å². The number of halogens is 1. The molecule has 206 valence electrons. The Morgan fingerprint density at radius 3 is 2.70 bits per heavy atom. The van der Waals surface area contributed by atoms with Crippen LogP contribution in [0.4, 0.5) is 15.9 Å². The molecule has 5 rings (SSSR count). The summed E-state index contributed by atoms with van der Waals surface area (Å²) in [6.45, 7) is 4.14. The first-order chi connectivity index (χ1) is 19.5. The average Bonchev–Trinajstić information content (AvgIpc) is 3.57. The first kappa shape index (κ1) is 27.6. The number of thiophene rings is 1. The number of fused-ring (bicyclic) bond motifs is 1. The summed E-state index contributed by atoms with van der Waals surface area (Å²) in [6.07, 6.45) is 4.42. The van der Waals surface area contributed by atoms with E-state index in [-0.39, 0.29) is 10.9 Å². The molecule has 0 bridgehead atoms. The van der Waals surface area contributed by atoms with Gasteiger partial charge in [0, 0.05) is 49.9 Å². The average molecular weight is 579 g/mol. The van der Waals surface area contributed by atoms with Gasteiger partial charge in [-0.1, -0.05) is 11.2 Å². The number of rotatable bonds is 11. The predicted octanol–water partition coefficient (Wildman–Crippen LogP) is 6.17. The normalized spacial score (nSPS) is 11.1. The van der Waals surface area contributed by atoms with E-state index < -0.39 is 5.82 Å². The molecule has 3 N–H and O–H groups in total. The minimum atomic E-state index is -0.541. The Morgan fingerprint density at radius 2 is 1.95 bits per heavy atom. The lowest BCUT2D eigenvalue weighted by Gasteiger charge is -2.11. The Balaban J connectivity index is 1.25. The second-order valence-corrected chi connectivity index (χ2v) is 10.3. The zero-order chi connectivity index (χ0) is 27.9. The Morgan fingerprint density at radius 1 is 1.05 bits per heavy atom. The van der Waals surface area contributed by atoms with Crippen molar-refractivity contribution in [3.05, 3.63) is 78.1 Å². The van der Waals surface area contributed by atoms with Crippen LogP contribution in [0.2, 0.25) is 0 Å². The van der Waals surface area contributed by atoms with Gasteiger partial charge in [0.05, 0.1) is 27.4 Å². The van der Waals surface area contributed by atoms with Gasteiger partial charge in [-0.2, -0.15) is 0 Å². The van der Waals surface area contributed by atoms with E-state index >= 15 is 0 Å². The molecule has 4 aromatic heterocycles. The van der Waals surface area contributed by atoms with Gasteiger partial charge in [0.1, 0.15) is 11.5 Å². The quantitative estimate of drug-likeness (QED) is 0.124. The summed E-state index contributed by atoms with van der Waals surface area (Å²) in [7, 11) is 1.69. The molecule has 12 heteroatoms. The van der Waals surface area contributed by atoms with Crippen LogP contribution in [0.1, 0.15) is 11.3 Å². The van der Waals surface area contributed by atoms with Gasteiger partial charge in [-0.25, -0.2) is 4.39 Å². The first-order valence-electron chi connectivity index (χ1n) is 12.5. The zero-order valence-corrected chi connectivity index (χ0v) is 23.5. The fourth-order valence-electron chi connectivity index (χ4n) is 3.86. The largest absolute Gasteiger partial charge is 0.453 e. The lowest BCUT2D eigenvalue weighted by Crippen LogP contribution is -2.21. The molecule has 0 fully saturated rings. The van der Waals surface area contributed by atoms with Crippen molar-refractivity contribution in [3.8, 4) is 22.1 Å². The van der Waals surface area contributed by atoms with Crippen molar-refractivity contribution >= 4 is 50.4 Å². The Kier molecular flexibility index (Phi) is 8.91. The summed E-state index contributed by atoms with van der Waals surface area (Å²) < 4.78 is 31.8. The monoisotopic (exact) mass is 578 g/mol. The van der Waals surface area contributed by atoms with Crippen LogP contribution >= 0.6 is 23.6 Å². The number of hydrogen-bond acceptors (Lipinski definition) is 9. The maximum atomic E-state index is 15.0. The van der Waals surface area contributed by atoms with Gasteiger partial charge in [0.2, 0.25) is 0 Å². The topological polar surface area (TPSA) is 106 Å². The third-order valence-electron chi connectivity index (χ3n) is 5.81. The fraction of sp³-hybridized carbons (Fsp3) is 0.214. The van der Waals surface area contributed by atoms with Gasteiger partial charge < -0.3 is 29.9 Å². The predicted molar refractivity (Wildman–Crippen MR) is 159 cm³/mol. The van der Waals surface area contributed by atoms with Crippen LogP contribution in [0, 0.1) is 12.7 Å². The van der Waals surface area contributed by atoms with Gasteiger partial charge in [0.15, 0.2) is 22.5 Å². The number of nitrogens with one attached hydrogen (secondary N) is 3. The van der Waals surface area contributed by atoms with Gasteiger partial charge in [0.25, 0.3) is 0 Å². The highest BCUT2D eigenvalue weighted by molar-refractivity contribution is 7.80. The SMILES string of the molecule is COCCNCCc1ccc(-c2cc3nccc(Oc4ccc(NC(=S)Nc5cc(C)on5)cc4F)c3s2)nc1. The summed E-state index contributed by atoms with van der Waals surface area (Å²) in [6, 6.07) is 14.0. The summed E-state index contributed by atoms with van der Waals surface area (Å²) in [5, 5.41) is 13.2. The van der Waals surface area contributed by atoms with Crippen LogP contribution in [0.15, 0.2) is 65.4 Å². The molecule has 0 aliphatic heterocycles. The number of nitrogens with zero attached hydrogens (tertiary/aromatic N) is 3. The summed E-state index contributed by atoms with van der Waals surface area (Å²) >= 11 is 6.77. The van der Waals surface area contributed by atoms with Gasteiger partial charge in [-0.05, 0) is 61.9 Å². The molecule has 0 atom stereocenters. The number of pyridine rings is 2. The van der Waals surface area contributed by atoms with E-state index in [2.05, 4.69) is 37.1 Å². The second kappa shape index (κ2) is 12.9. The number of aromatic nitrogens is 3. The molecule has 0 saturated carbocycles.